The zero-order valence-electron chi connectivity index (χ0n) is 60.4. The number of hydrogen-bond donors (Lipinski definition) is 0. The van der Waals surface area contributed by atoms with Crippen molar-refractivity contribution < 1.29 is 0 Å². The minimum atomic E-state index is 0.526. The highest BCUT2D eigenvalue weighted by Crippen LogP contribution is 2.46. The quantitative estimate of drug-likeness (QED) is 0.114. The zero-order chi connectivity index (χ0) is 71.8. The number of benzene rings is 14. The van der Waals surface area contributed by atoms with Crippen molar-refractivity contribution in [3.63, 3.8) is 0 Å². The standard InChI is InChI=1S/C98H74N8/c1-59-29-39-77(63(5)49-59)73-35-45-87-81(55-73)82-56-74(78-40-30-60(2)50-64(78)6)36-46-88(82)105(87)91-43-33-71(53-85(91)97-101-93(67-21-13-9-14-22-67)99-94(102-97)68-23-15-10-16-24-68)72-34-44-92(86(54-72)98-103-95(69-25-17-11-18-26-69)100-96(104-98)70-27-19-12-20-28-70)106-89-47-37-75(79-41-31-61(3)51-65(79)7)57-83(89)84-58-76(38-48-90(84)106)80-42-32-62(4)52-66(80)8/h9-58H,1-8H3. The first kappa shape index (κ1) is 64.8. The molecule has 8 heteroatoms. The zero-order valence-corrected chi connectivity index (χ0v) is 60.4. The Hall–Kier alpha value is -13.3. The molecule has 0 saturated carbocycles. The van der Waals surface area contributed by atoms with Crippen LogP contribution in [-0.2, 0) is 0 Å². The molecule has 4 heterocycles. The van der Waals surface area contributed by atoms with Crippen LogP contribution >= 0.6 is 0 Å². The molecule has 0 aliphatic carbocycles. The number of hydrogen-bond acceptors (Lipinski definition) is 6. The maximum atomic E-state index is 5.56. The monoisotopic (exact) mass is 1360 g/mol. The molecule has 0 atom stereocenters. The van der Waals surface area contributed by atoms with E-state index in [1.165, 1.54) is 66.8 Å². The van der Waals surface area contributed by atoms with Gasteiger partial charge in [-0.25, -0.2) is 29.9 Å². The predicted molar refractivity (Wildman–Crippen MR) is 440 cm³/mol. The van der Waals surface area contributed by atoms with Crippen LogP contribution in [0.5, 0.6) is 0 Å². The molecule has 0 aliphatic rings. The fraction of sp³-hybridized carbons (Fsp3) is 0.0816. The van der Waals surface area contributed by atoms with Gasteiger partial charge >= 0.3 is 0 Å². The van der Waals surface area contributed by atoms with Crippen LogP contribution in [0.3, 0.4) is 0 Å². The molecule has 18 aromatic rings. The topological polar surface area (TPSA) is 87.2 Å². The molecule has 0 saturated heterocycles. The van der Waals surface area contributed by atoms with Gasteiger partial charge in [0.15, 0.2) is 34.9 Å². The summed E-state index contributed by atoms with van der Waals surface area (Å²) in [6.45, 7) is 17.5. The summed E-state index contributed by atoms with van der Waals surface area (Å²) in [5.74, 6) is 3.32. The molecule has 8 nitrogen and oxygen atoms in total. The highest BCUT2D eigenvalue weighted by molar-refractivity contribution is 6.14. The van der Waals surface area contributed by atoms with Gasteiger partial charge in [0.25, 0.3) is 0 Å². The van der Waals surface area contributed by atoms with Crippen molar-refractivity contribution in [1.29, 1.82) is 0 Å². The lowest BCUT2D eigenvalue weighted by molar-refractivity contribution is 1.06. The van der Waals surface area contributed by atoms with E-state index in [2.05, 4.69) is 295 Å². The fourth-order valence-corrected chi connectivity index (χ4v) is 15.8. The first-order valence-corrected chi connectivity index (χ1v) is 36.3. The van der Waals surface area contributed by atoms with Crippen LogP contribution in [0, 0.1) is 55.4 Å². The summed E-state index contributed by atoms with van der Waals surface area (Å²) in [5, 5.41) is 4.54. The Morgan fingerprint density at radius 3 is 0.660 bits per heavy atom. The number of fused-ring (bicyclic) bond motifs is 6. The first-order chi connectivity index (χ1) is 51.8. The minimum absolute atomic E-state index is 0.526. The second-order valence-electron chi connectivity index (χ2n) is 28.4. The molecule has 0 spiro atoms. The lowest BCUT2D eigenvalue weighted by Crippen LogP contribution is -2.05. The number of aryl methyl sites for hydroxylation is 8. The van der Waals surface area contributed by atoms with E-state index in [1.807, 2.05) is 72.8 Å². The molecule has 18 rings (SSSR count). The van der Waals surface area contributed by atoms with Crippen LogP contribution in [0.4, 0.5) is 0 Å². The van der Waals surface area contributed by atoms with Crippen molar-refractivity contribution in [2.24, 2.45) is 0 Å². The van der Waals surface area contributed by atoms with Crippen molar-refractivity contribution in [2.75, 3.05) is 0 Å². The molecule has 106 heavy (non-hydrogen) atoms. The molecular weight excluding hydrogens is 1290 g/mol. The molecule has 0 unspecified atom stereocenters. The maximum Gasteiger partial charge on any atom is 0.166 e. The van der Waals surface area contributed by atoms with Crippen LogP contribution in [0.2, 0.25) is 0 Å². The van der Waals surface area contributed by atoms with Gasteiger partial charge in [-0.2, -0.15) is 0 Å². The van der Waals surface area contributed by atoms with Gasteiger partial charge in [-0.1, -0.05) is 253 Å². The first-order valence-electron chi connectivity index (χ1n) is 36.3. The summed E-state index contributed by atoms with van der Waals surface area (Å²) in [5.41, 5.74) is 32.3. The summed E-state index contributed by atoms with van der Waals surface area (Å²) in [7, 11) is 0. The number of rotatable bonds is 13. The van der Waals surface area contributed by atoms with E-state index in [0.717, 1.165) is 122 Å². The van der Waals surface area contributed by atoms with Crippen molar-refractivity contribution in [2.45, 2.75) is 55.4 Å². The molecule has 0 aliphatic heterocycles. The molecule has 0 fully saturated rings. The fourth-order valence-electron chi connectivity index (χ4n) is 15.8. The van der Waals surface area contributed by atoms with E-state index in [-0.39, 0.29) is 0 Å². The third kappa shape index (κ3) is 11.8. The van der Waals surface area contributed by atoms with Gasteiger partial charge in [-0.15, -0.1) is 0 Å². The van der Waals surface area contributed by atoms with Gasteiger partial charge in [0.05, 0.1) is 33.4 Å². The molecule has 14 aromatic carbocycles. The van der Waals surface area contributed by atoms with Crippen molar-refractivity contribution in [3.05, 3.63) is 348 Å². The molecule has 0 bridgehead atoms. The van der Waals surface area contributed by atoms with Crippen molar-refractivity contribution in [1.82, 2.24) is 39.0 Å². The molecule has 0 amide bonds. The van der Waals surface area contributed by atoms with Gasteiger partial charge < -0.3 is 9.13 Å². The highest BCUT2D eigenvalue weighted by Gasteiger charge is 2.26. The van der Waals surface area contributed by atoms with E-state index >= 15 is 0 Å². The Morgan fingerprint density at radius 2 is 0.415 bits per heavy atom. The second kappa shape index (κ2) is 26.5. The van der Waals surface area contributed by atoms with Gasteiger partial charge in [0, 0.05) is 54.9 Å². The van der Waals surface area contributed by atoms with E-state index in [1.54, 1.807) is 0 Å². The number of aromatic nitrogens is 8. The summed E-state index contributed by atoms with van der Waals surface area (Å²) in [4.78, 5) is 32.7. The van der Waals surface area contributed by atoms with Gasteiger partial charge in [-0.05, 0) is 206 Å². The lowest BCUT2D eigenvalue weighted by atomic mass is 9.95. The number of nitrogens with zero attached hydrogens (tertiary/aromatic N) is 8. The summed E-state index contributed by atoms with van der Waals surface area (Å²) in [6.07, 6.45) is 0. The summed E-state index contributed by atoms with van der Waals surface area (Å²) in [6, 6.07) is 109. The Bertz CT molecular complexity index is 5800. The van der Waals surface area contributed by atoms with Crippen LogP contribution in [-0.4, -0.2) is 39.0 Å². The molecule has 506 valence electrons. The van der Waals surface area contributed by atoms with E-state index in [4.69, 9.17) is 29.9 Å². The minimum Gasteiger partial charge on any atom is -0.308 e. The maximum absolute atomic E-state index is 5.56. The van der Waals surface area contributed by atoms with Gasteiger partial charge in [0.1, 0.15) is 0 Å². The smallest absolute Gasteiger partial charge is 0.166 e. The molecule has 0 N–H and O–H groups in total. The summed E-state index contributed by atoms with van der Waals surface area (Å²) >= 11 is 0. The Kier molecular flexibility index (Phi) is 16.2. The van der Waals surface area contributed by atoms with E-state index in [0.29, 0.717) is 34.9 Å². The molecular formula is C98H74N8. The highest BCUT2D eigenvalue weighted by atomic mass is 15.1. The third-order valence-corrected chi connectivity index (χ3v) is 21.0. The van der Waals surface area contributed by atoms with E-state index in [9.17, 15) is 0 Å². The van der Waals surface area contributed by atoms with Crippen molar-refractivity contribution >= 4 is 43.6 Å². The SMILES string of the molecule is Cc1ccc(-c2ccc3c(c2)c2cc(-c4ccc(C)cc4C)ccc2n3-c2ccc(-c3ccc(-n4c5ccc(-c6ccc(C)cc6C)cc5c5cc(-c6ccc(C)cc6C)ccc54)c(-c4nc(-c5ccccc5)nc(-c5ccccc5)n4)c3)cc2-c2nc(-c3ccccc3)nc(-c3ccccc3)n2)c(C)c1. The largest absolute Gasteiger partial charge is 0.308 e. The third-order valence-electron chi connectivity index (χ3n) is 21.0. The van der Waals surface area contributed by atoms with Crippen LogP contribution in [0.1, 0.15) is 44.5 Å². The van der Waals surface area contributed by atoms with Crippen LogP contribution < -0.4 is 0 Å². The Morgan fingerprint density at radius 1 is 0.179 bits per heavy atom. The van der Waals surface area contributed by atoms with E-state index < -0.39 is 0 Å². The van der Waals surface area contributed by atoms with Gasteiger partial charge in [0.2, 0.25) is 0 Å². The second-order valence-corrected chi connectivity index (χ2v) is 28.4. The predicted octanol–water partition coefficient (Wildman–Crippen LogP) is 25.1. The van der Waals surface area contributed by atoms with Crippen LogP contribution in [0.15, 0.2) is 303 Å². The normalized spacial score (nSPS) is 11.6. The Balaban J connectivity index is 0.918. The van der Waals surface area contributed by atoms with Gasteiger partial charge in [-0.3, -0.25) is 0 Å². The van der Waals surface area contributed by atoms with Crippen molar-refractivity contribution in [3.8, 4) is 135 Å². The van der Waals surface area contributed by atoms with Crippen LogP contribution in [0.25, 0.3) is 179 Å². The molecule has 0 radical (unpaired) electrons. The average Bonchev–Trinajstić information content (AvgIpc) is 1.53. The lowest BCUT2D eigenvalue weighted by Gasteiger charge is -2.18. The summed E-state index contributed by atoms with van der Waals surface area (Å²) < 4.78 is 4.84. The molecule has 4 aromatic heterocycles. The Labute approximate surface area is 617 Å². The average molecular weight is 1360 g/mol.